The molecule has 3 heteroatoms. The van der Waals surface area contributed by atoms with E-state index in [4.69, 9.17) is 5.11 Å². The maximum Gasteiger partial charge on any atom is 0.309 e. The average molecular weight is 227 g/mol. The van der Waals surface area contributed by atoms with Gasteiger partial charge >= 0.3 is 5.97 Å². The number of carboxylic acids is 1. The molecular formula is C13H25NO2. The van der Waals surface area contributed by atoms with Gasteiger partial charge in [0.2, 0.25) is 0 Å². The quantitative estimate of drug-likeness (QED) is 0.758. The van der Waals surface area contributed by atoms with Gasteiger partial charge in [-0.2, -0.15) is 0 Å². The first-order valence-corrected chi connectivity index (χ1v) is 6.37. The number of carboxylic acid groups (broad SMARTS) is 1. The lowest BCUT2D eigenvalue weighted by Crippen LogP contribution is -2.31. The summed E-state index contributed by atoms with van der Waals surface area (Å²) in [5.41, 5.74) is -0.573. The molecular weight excluding hydrogens is 202 g/mol. The van der Waals surface area contributed by atoms with Crippen LogP contribution in [0.15, 0.2) is 0 Å². The summed E-state index contributed by atoms with van der Waals surface area (Å²) >= 11 is 0. The Labute approximate surface area is 98.8 Å². The molecule has 16 heavy (non-hydrogen) atoms. The fraction of sp³-hybridized carbons (Fsp3) is 0.923. The van der Waals surface area contributed by atoms with Crippen molar-refractivity contribution in [3.8, 4) is 0 Å². The first-order valence-electron chi connectivity index (χ1n) is 6.37. The zero-order chi connectivity index (χ0) is 12.2. The SMILES string of the molecule is CN(CCCC(C)(C)C(=O)O)C1CCCC1. The van der Waals surface area contributed by atoms with Crippen molar-refractivity contribution in [3.63, 3.8) is 0 Å². The van der Waals surface area contributed by atoms with Crippen molar-refractivity contribution in [1.29, 1.82) is 0 Å². The van der Waals surface area contributed by atoms with Crippen molar-refractivity contribution >= 4 is 5.97 Å². The van der Waals surface area contributed by atoms with Gasteiger partial charge in [0.1, 0.15) is 0 Å². The number of nitrogens with zero attached hydrogens (tertiary/aromatic N) is 1. The van der Waals surface area contributed by atoms with Crippen LogP contribution < -0.4 is 0 Å². The number of hydrogen-bond acceptors (Lipinski definition) is 2. The average Bonchev–Trinajstić information content (AvgIpc) is 2.69. The Morgan fingerprint density at radius 3 is 2.44 bits per heavy atom. The van der Waals surface area contributed by atoms with Crippen molar-refractivity contribution in [1.82, 2.24) is 4.90 Å². The second kappa shape index (κ2) is 5.67. The van der Waals surface area contributed by atoms with Crippen LogP contribution in [0.5, 0.6) is 0 Å². The highest BCUT2D eigenvalue weighted by Gasteiger charge is 2.27. The third-order valence-electron chi connectivity index (χ3n) is 3.84. The van der Waals surface area contributed by atoms with E-state index in [-0.39, 0.29) is 0 Å². The monoisotopic (exact) mass is 227 g/mol. The van der Waals surface area contributed by atoms with Crippen LogP contribution >= 0.6 is 0 Å². The second-order valence-corrected chi connectivity index (χ2v) is 5.71. The minimum absolute atomic E-state index is 0.573. The first kappa shape index (κ1) is 13.5. The highest BCUT2D eigenvalue weighted by molar-refractivity contribution is 5.73. The Kier molecular flexibility index (Phi) is 4.78. The maximum atomic E-state index is 10.9. The molecule has 0 saturated heterocycles. The van der Waals surface area contributed by atoms with Gasteiger partial charge in [-0.25, -0.2) is 0 Å². The van der Waals surface area contributed by atoms with Crippen LogP contribution in [0.25, 0.3) is 0 Å². The van der Waals surface area contributed by atoms with E-state index in [1.54, 1.807) is 0 Å². The molecule has 0 amide bonds. The van der Waals surface area contributed by atoms with Crippen LogP contribution in [0.2, 0.25) is 0 Å². The van der Waals surface area contributed by atoms with E-state index < -0.39 is 11.4 Å². The van der Waals surface area contributed by atoms with Gasteiger partial charge < -0.3 is 10.0 Å². The van der Waals surface area contributed by atoms with Crippen LogP contribution in [0.4, 0.5) is 0 Å². The van der Waals surface area contributed by atoms with Gasteiger partial charge in [-0.1, -0.05) is 12.8 Å². The molecule has 1 aliphatic carbocycles. The van der Waals surface area contributed by atoms with Crippen molar-refractivity contribution in [2.45, 2.75) is 58.4 Å². The molecule has 0 aliphatic heterocycles. The lowest BCUT2D eigenvalue weighted by molar-refractivity contribution is -0.147. The Hall–Kier alpha value is -0.570. The zero-order valence-corrected chi connectivity index (χ0v) is 10.8. The Balaban J connectivity index is 2.21. The van der Waals surface area contributed by atoms with Gasteiger partial charge in [0.25, 0.3) is 0 Å². The Morgan fingerprint density at radius 2 is 1.94 bits per heavy atom. The lowest BCUT2D eigenvalue weighted by atomic mass is 9.88. The molecule has 0 bridgehead atoms. The third kappa shape index (κ3) is 3.78. The van der Waals surface area contributed by atoms with Gasteiger partial charge in [-0.3, -0.25) is 4.79 Å². The molecule has 1 aliphatic rings. The van der Waals surface area contributed by atoms with Gasteiger partial charge in [-0.15, -0.1) is 0 Å². The summed E-state index contributed by atoms with van der Waals surface area (Å²) in [7, 11) is 2.17. The van der Waals surface area contributed by atoms with Crippen molar-refractivity contribution in [2.75, 3.05) is 13.6 Å². The van der Waals surface area contributed by atoms with Gasteiger partial charge in [0.05, 0.1) is 5.41 Å². The normalized spacial score (nSPS) is 18.2. The third-order valence-corrected chi connectivity index (χ3v) is 3.84. The summed E-state index contributed by atoms with van der Waals surface area (Å²) in [6.07, 6.45) is 7.09. The summed E-state index contributed by atoms with van der Waals surface area (Å²) in [6.45, 7) is 4.65. The first-order chi connectivity index (χ1) is 7.43. The minimum atomic E-state index is -0.684. The Bertz CT molecular complexity index is 232. The van der Waals surface area contributed by atoms with E-state index in [0.717, 1.165) is 25.4 Å². The summed E-state index contributed by atoms with van der Waals surface area (Å²) in [5, 5.41) is 9.00. The van der Waals surface area contributed by atoms with Crippen LogP contribution in [0.1, 0.15) is 52.4 Å². The van der Waals surface area contributed by atoms with Gasteiger partial charge in [-0.05, 0) is 53.1 Å². The van der Waals surface area contributed by atoms with Crippen molar-refractivity contribution < 1.29 is 9.90 Å². The topological polar surface area (TPSA) is 40.5 Å². The number of hydrogen-bond donors (Lipinski definition) is 1. The van der Waals surface area contributed by atoms with E-state index in [9.17, 15) is 4.79 Å². The van der Waals surface area contributed by atoms with Crippen LogP contribution in [-0.4, -0.2) is 35.6 Å². The van der Waals surface area contributed by atoms with Gasteiger partial charge in [0.15, 0.2) is 0 Å². The van der Waals surface area contributed by atoms with Crippen molar-refractivity contribution in [3.05, 3.63) is 0 Å². The molecule has 0 aromatic heterocycles. The fourth-order valence-corrected chi connectivity index (χ4v) is 2.40. The molecule has 0 unspecified atom stereocenters. The molecule has 3 nitrogen and oxygen atoms in total. The predicted octanol–water partition coefficient (Wildman–Crippen LogP) is 2.75. The van der Waals surface area contributed by atoms with Crippen LogP contribution in [-0.2, 0) is 4.79 Å². The molecule has 0 radical (unpaired) electrons. The summed E-state index contributed by atoms with van der Waals surface area (Å²) in [5.74, 6) is -0.684. The highest BCUT2D eigenvalue weighted by Crippen LogP contribution is 2.25. The van der Waals surface area contributed by atoms with Crippen LogP contribution in [0, 0.1) is 5.41 Å². The van der Waals surface area contributed by atoms with E-state index in [1.807, 2.05) is 13.8 Å². The standard InChI is InChI=1S/C13H25NO2/c1-13(2,12(15)16)9-6-10-14(3)11-7-4-5-8-11/h11H,4-10H2,1-3H3,(H,15,16). The molecule has 0 atom stereocenters. The van der Waals surface area contributed by atoms with E-state index in [2.05, 4.69) is 11.9 Å². The largest absolute Gasteiger partial charge is 0.481 e. The number of rotatable bonds is 6. The number of aliphatic carboxylic acids is 1. The summed E-state index contributed by atoms with van der Waals surface area (Å²) in [6, 6.07) is 0.743. The Morgan fingerprint density at radius 1 is 1.38 bits per heavy atom. The maximum absolute atomic E-state index is 10.9. The second-order valence-electron chi connectivity index (χ2n) is 5.71. The van der Waals surface area contributed by atoms with Crippen molar-refractivity contribution in [2.24, 2.45) is 5.41 Å². The smallest absolute Gasteiger partial charge is 0.309 e. The molecule has 1 fully saturated rings. The fourth-order valence-electron chi connectivity index (χ4n) is 2.40. The summed E-state index contributed by atoms with van der Waals surface area (Å²) in [4.78, 5) is 13.3. The number of carbonyl (C=O) groups is 1. The molecule has 1 N–H and O–H groups in total. The highest BCUT2D eigenvalue weighted by atomic mass is 16.4. The molecule has 0 spiro atoms. The van der Waals surface area contributed by atoms with E-state index in [1.165, 1.54) is 25.7 Å². The molecule has 0 heterocycles. The van der Waals surface area contributed by atoms with Crippen LogP contribution in [0.3, 0.4) is 0 Å². The molecule has 0 aromatic rings. The molecule has 1 rings (SSSR count). The minimum Gasteiger partial charge on any atom is -0.481 e. The molecule has 0 aromatic carbocycles. The van der Waals surface area contributed by atoms with E-state index in [0.29, 0.717) is 0 Å². The van der Waals surface area contributed by atoms with E-state index >= 15 is 0 Å². The predicted molar refractivity (Wildman–Crippen MR) is 65.5 cm³/mol. The molecule has 94 valence electrons. The lowest BCUT2D eigenvalue weighted by Gasteiger charge is -2.26. The zero-order valence-electron chi connectivity index (χ0n) is 10.8. The molecule has 1 saturated carbocycles. The van der Waals surface area contributed by atoms with Gasteiger partial charge in [0, 0.05) is 6.04 Å². The summed E-state index contributed by atoms with van der Waals surface area (Å²) < 4.78 is 0.